The second kappa shape index (κ2) is 11.9. The van der Waals surface area contributed by atoms with E-state index in [4.69, 9.17) is 0 Å². The lowest BCUT2D eigenvalue weighted by molar-refractivity contribution is -0.723. The molecule has 1 atom stereocenters. The first kappa shape index (κ1) is 18.8. The van der Waals surface area contributed by atoms with Crippen LogP contribution in [0.15, 0.2) is 49.1 Å². The Bertz CT molecular complexity index is 504. The van der Waals surface area contributed by atoms with E-state index in [9.17, 15) is 0 Å². The van der Waals surface area contributed by atoms with Crippen LogP contribution >= 0.6 is 0 Å². The van der Waals surface area contributed by atoms with Crippen molar-refractivity contribution in [2.24, 2.45) is 0 Å². The summed E-state index contributed by atoms with van der Waals surface area (Å²) in [4.78, 5) is 3.20. The van der Waals surface area contributed by atoms with Gasteiger partial charge >= 0.3 is 0 Å². The molecule has 24 heavy (non-hydrogen) atoms. The van der Waals surface area contributed by atoms with Crippen LogP contribution < -0.4 is 4.57 Å². The summed E-state index contributed by atoms with van der Waals surface area (Å²) in [5, 5.41) is 0. The van der Waals surface area contributed by atoms with Gasteiger partial charge in [0.05, 0.1) is 0 Å². The SMILES string of the molecule is CCCCCCCCCCC(CCc1ccccc1)[n+]1cc[nH]c1. The maximum absolute atomic E-state index is 3.20. The van der Waals surface area contributed by atoms with Crippen molar-refractivity contribution in [1.82, 2.24) is 4.98 Å². The highest BCUT2D eigenvalue weighted by Crippen LogP contribution is 2.18. The normalized spacial score (nSPS) is 12.4. The van der Waals surface area contributed by atoms with E-state index in [1.165, 1.54) is 76.2 Å². The quantitative estimate of drug-likeness (QED) is 0.343. The molecule has 132 valence electrons. The number of rotatable bonds is 13. The number of unbranched alkanes of at least 4 members (excludes halogenated alkanes) is 7. The summed E-state index contributed by atoms with van der Waals surface area (Å²) in [5.41, 5.74) is 1.45. The molecule has 0 aliphatic heterocycles. The molecule has 0 saturated carbocycles. The van der Waals surface area contributed by atoms with Gasteiger partial charge in [0.25, 0.3) is 0 Å². The predicted molar refractivity (Wildman–Crippen MR) is 102 cm³/mol. The second-order valence-electron chi connectivity index (χ2n) is 7.00. The number of hydrogen-bond donors (Lipinski definition) is 1. The Labute approximate surface area is 148 Å². The van der Waals surface area contributed by atoms with Gasteiger partial charge in [0.1, 0.15) is 18.4 Å². The molecule has 2 nitrogen and oxygen atoms in total. The van der Waals surface area contributed by atoms with Gasteiger partial charge in [-0.25, -0.2) is 4.57 Å². The molecule has 0 amide bonds. The van der Waals surface area contributed by atoms with Crippen LogP contribution in [0.1, 0.15) is 82.7 Å². The molecular weight excluding hydrogens is 292 g/mol. The molecule has 0 fully saturated rings. The fraction of sp³-hybridized carbons (Fsp3) is 0.591. The van der Waals surface area contributed by atoms with Gasteiger partial charge in [-0.05, 0) is 31.2 Å². The van der Waals surface area contributed by atoms with E-state index in [0.717, 1.165) is 0 Å². The molecule has 0 bridgehead atoms. The molecule has 1 N–H and O–H groups in total. The van der Waals surface area contributed by atoms with Gasteiger partial charge in [-0.15, -0.1) is 0 Å². The molecule has 0 aliphatic carbocycles. The fourth-order valence-electron chi connectivity index (χ4n) is 3.46. The maximum Gasteiger partial charge on any atom is 0.241 e. The number of nitrogens with zero attached hydrogens (tertiary/aromatic N) is 1. The zero-order chi connectivity index (χ0) is 16.9. The molecule has 1 heterocycles. The summed E-state index contributed by atoms with van der Waals surface area (Å²) in [5.74, 6) is 0. The van der Waals surface area contributed by atoms with Crippen molar-refractivity contribution in [2.75, 3.05) is 0 Å². The second-order valence-corrected chi connectivity index (χ2v) is 7.00. The minimum absolute atomic E-state index is 0.622. The number of aryl methyl sites for hydroxylation is 1. The van der Waals surface area contributed by atoms with Crippen molar-refractivity contribution in [1.29, 1.82) is 0 Å². The molecular formula is C22H35N2+. The summed E-state index contributed by atoms with van der Waals surface area (Å²) >= 11 is 0. The van der Waals surface area contributed by atoms with Gasteiger partial charge in [0.15, 0.2) is 0 Å². The molecule has 1 unspecified atom stereocenters. The largest absolute Gasteiger partial charge is 0.250 e. The number of aromatic nitrogens is 2. The Balaban J connectivity index is 1.68. The lowest BCUT2D eigenvalue weighted by Crippen LogP contribution is -2.37. The Hall–Kier alpha value is -1.57. The standard InChI is InChI=1S/C22H34N2/c1-2-3-4-5-6-7-8-12-15-22(24-19-18-23-20-24)17-16-21-13-10-9-11-14-21/h9-11,13-14,18-20,22H,2-8,12,15-17H2,1H3/p+1. The number of imidazole rings is 1. The van der Waals surface area contributed by atoms with Gasteiger partial charge in [0, 0.05) is 0 Å². The van der Waals surface area contributed by atoms with Crippen LogP contribution in [0.25, 0.3) is 0 Å². The smallest absolute Gasteiger partial charge is 0.241 e. The molecule has 2 rings (SSSR count). The summed E-state index contributed by atoms with van der Waals surface area (Å²) < 4.78 is 2.37. The van der Waals surface area contributed by atoms with Gasteiger partial charge < -0.3 is 0 Å². The third-order valence-electron chi connectivity index (χ3n) is 4.99. The number of nitrogens with one attached hydrogen (secondary N) is 1. The van der Waals surface area contributed by atoms with Crippen LogP contribution in [0.2, 0.25) is 0 Å². The van der Waals surface area contributed by atoms with Crippen molar-refractivity contribution in [3.8, 4) is 0 Å². The Kier molecular flexibility index (Phi) is 9.29. The summed E-state index contributed by atoms with van der Waals surface area (Å²) in [6.45, 7) is 2.29. The van der Waals surface area contributed by atoms with E-state index in [1.807, 2.05) is 6.20 Å². The molecule has 2 heteroatoms. The topological polar surface area (TPSA) is 19.7 Å². The molecule has 1 aromatic heterocycles. The van der Waals surface area contributed by atoms with E-state index < -0.39 is 0 Å². The minimum atomic E-state index is 0.622. The molecule has 1 aromatic carbocycles. The summed E-state index contributed by atoms with van der Waals surface area (Å²) in [6.07, 6.45) is 21.2. The average molecular weight is 328 g/mol. The zero-order valence-corrected chi connectivity index (χ0v) is 15.4. The Morgan fingerprint density at radius 3 is 2.25 bits per heavy atom. The van der Waals surface area contributed by atoms with Crippen molar-refractivity contribution in [3.63, 3.8) is 0 Å². The summed E-state index contributed by atoms with van der Waals surface area (Å²) in [6, 6.07) is 11.5. The lowest BCUT2D eigenvalue weighted by atomic mass is 9.99. The first-order valence-electron chi connectivity index (χ1n) is 9.97. The number of benzene rings is 1. The highest BCUT2D eigenvalue weighted by atomic mass is 15.0. The summed E-state index contributed by atoms with van der Waals surface area (Å²) in [7, 11) is 0. The van der Waals surface area contributed by atoms with E-state index in [-0.39, 0.29) is 0 Å². The zero-order valence-electron chi connectivity index (χ0n) is 15.4. The highest BCUT2D eigenvalue weighted by Gasteiger charge is 2.15. The van der Waals surface area contributed by atoms with Crippen molar-refractivity contribution in [2.45, 2.75) is 83.6 Å². The number of H-pyrrole nitrogens is 1. The molecule has 0 aliphatic rings. The van der Waals surface area contributed by atoms with Crippen LogP contribution in [0.4, 0.5) is 0 Å². The van der Waals surface area contributed by atoms with Crippen LogP contribution in [-0.4, -0.2) is 4.98 Å². The van der Waals surface area contributed by atoms with E-state index in [1.54, 1.807) is 0 Å². The predicted octanol–water partition coefficient (Wildman–Crippen LogP) is 6.01. The highest BCUT2D eigenvalue weighted by molar-refractivity contribution is 5.14. The number of aromatic amines is 1. The monoisotopic (exact) mass is 327 g/mol. The van der Waals surface area contributed by atoms with Crippen molar-refractivity contribution in [3.05, 3.63) is 54.6 Å². The van der Waals surface area contributed by atoms with Gasteiger partial charge in [-0.3, -0.25) is 4.98 Å². The van der Waals surface area contributed by atoms with Gasteiger partial charge in [-0.2, -0.15) is 0 Å². The van der Waals surface area contributed by atoms with E-state index in [0.29, 0.717) is 6.04 Å². The van der Waals surface area contributed by atoms with Crippen LogP contribution in [-0.2, 0) is 6.42 Å². The van der Waals surface area contributed by atoms with Crippen LogP contribution in [0, 0.1) is 0 Å². The first-order valence-corrected chi connectivity index (χ1v) is 9.97. The van der Waals surface area contributed by atoms with Crippen LogP contribution in [0.3, 0.4) is 0 Å². The van der Waals surface area contributed by atoms with Gasteiger partial charge in [-0.1, -0.05) is 82.2 Å². The number of hydrogen-bond acceptors (Lipinski definition) is 0. The van der Waals surface area contributed by atoms with Crippen molar-refractivity contribution >= 4 is 0 Å². The van der Waals surface area contributed by atoms with E-state index in [2.05, 4.69) is 59.3 Å². The Morgan fingerprint density at radius 2 is 1.58 bits per heavy atom. The minimum Gasteiger partial charge on any atom is -0.250 e. The van der Waals surface area contributed by atoms with Crippen molar-refractivity contribution < 1.29 is 4.57 Å². The van der Waals surface area contributed by atoms with E-state index >= 15 is 0 Å². The molecule has 0 saturated heterocycles. The first-order chi connectivity index (χ1) is 11.9. The fourth-order valence-corrected chi connectivity index (χ4v) is 3.46. The lowest BCUT2D eigenvalue weighted by Gasteiger charge is -2.14. The molecule has 0 spiro atoms. The van der Waals surface area contributed by atoms with Crippen LogP contribution in [0.5, 0.6) is 0 Å². The Morgan fingerprint density at radius 1 is 0.875 bits per heavy atom. The average Bonchev–Trinajstić information content (AvgIpc) is 3.15. The molecule has 0 radical (unpaired) electrons. The third-order valence-corrected chi connectivity index (χ3v) is 4.99. The third kappa shape index (κ3) is 7.33. The molecule has 2 aromatic rings. The van der Waals surface area contributed by atoms with Gasteiger partial charge in [0.2, 0.25) is 6.33 Å². The maximum atomic E-state index is 3.20.